The van der Waals surface area contributed by atoms with Crippen molar-refractivity contribution in [1.29, 1.82) is 0 Å². The molecule has 10 heteroatoms. The van der Waals surface area contributed by atoms with E-state index in [0.29, 0.717) is 17.2 Å². The highest BCUT2D eigenvalue weighted by Crippen LogP contribution is 2.28. The van der Waals surface area contributed by atoms with Crippen LogP contribution in [0, 0.1) is 0 Å². The van der Waals surface area contributed by atoms with Gasteiger partial charge in [-0.1, -0.05) is 18.2 Å². The lowest BCUT2D eigenvalue weighted by atomic mass is 10.2. The van der Waals surface area contributed by atoms with Gasteiger partial charge in [0.1, 0.15) is 18.0 Å². The molecule has 4 rings (SSSR count). The van der Waals surface area contributed by atoms with Crippen molar-refractivity contribution in [3.63, 3.8) is 0 Å². The molecule has 0 N–H and O–H groups in total. The topological polar surface area (TPSA) is 72.0 Å². The first-order valence-electron chi connectivity index (χ1n) is 9.44. The van der Waals surface area contributed by atoms with Gasteiger partial charge in [-0.3, -0.25) is 4.79 Å². The molecular formula is C22H16F3N3O4. The summed E-state index contributed by atoms with van der Waals surface area (Å²) >= 11 is 0. The number of benzene rings is 2. The SMILES string of the molecule is O=C1CN(Cc2ccnc(Oc3ccccc3)c2)C(=O)N1c1ccc(OC(F)(F)F)cc1. The molecule has 1 aromatic heterocycles. The van der Waals surface area contributed by atoms with Crippen molar-refractivity contribution in [2.45, 2.75) is 12.9 Å². The molecule has 0 unspecified atom stereocenters. The van der Waals surface area contributed by atoms with E-state index in [1.807, 2.05) is 18.2 Å². The van der Waals surface area contributed by atoms with Gasteiger partial charge in [0.05, 0.1) is 5.69 Å². The number of anilines is 1. The molecule has 32 heavy (non-hydrogen) atoms. The second-order valence-electron chi connectivity index (χ2n) is 6.83. The van der Waals surface area contributed by atoms with Crippen molar-refractivity contribution >= 4 is 17.6 Å². The second kappa shape index (κ2) is 8.58. The first-order chi connectivity index (χ1) is 15.3. The van der Waals surface area contributed by atoms with E-state index in [2.05, 4.69) is 9.72 Å². The van der Waals surface area contributed by atoms with Crippen LogP contribution in [0.25, 0.3) is 0 Å². The first-order valence-corrected chi connectivity index (χ1v) is 9.44. The van der Waals surface area contributed by atoms with Crippen molar-refractivity contribution in [3.8, 4) is 17.4 Å². The molecule has 3 aromatic rings. The van der Waals surface area contributed by atoms with E-state index in [4.69, 9.17) is 4.74 Å². The normalized spacial score (nSPS) is 14.1. The van der Waals surface area contributed by atoms with E-state index in [1.165, 1.54) is 23.2 Å². The van der Waals surface area contributed by atoms with Gasteiger partial charge >= 0.3 is 12.4 Å². The Labute approximate surface area is 180 Å². The average molecular weight is 443 g/mol. The molecule has 3 amide bonds. The van der Waals surface area contributed by atoms with Crippen LogP contribution in [-0.4, -0.2) is 34.7 Å². The van der Waals surface area contributed by atoms with Gasteiger partial charge in [0.25, 0.3) is 5.91 Å². The number of imide groups is 1. The fourth-order valence-electron chi connectivity index (χ4n) is 3.16. The summed E-state index contributed by atoms with van der Waals surface area (Å²) in [5.74, 6) is 0.00622. The Morgan fingerprint density at radius 2 is 1.66 bits per heavy atom. The number of carbonyl (C=O) groups is 2. The number of rotatable bonds is 6. The van der Waals surface area contributed by atoms with Crippen LogP contribution in [0.5, 0.6) is 17.4 Å². The van der Waals surface area contributed by atoms with Gasteiger partial charge in [-0.15, -0.1) is 13.2 Å². The number of nitrogens with zero attached hydrogens (tertiary/aromatic N) is 3. The maximum Gasteiger partial charge on any atom is 0.573 e. The maximum absolute atomic E-state index is 12.8. The highest BCUT2D eigenvalue weighted by molar-refractivity contribution is 6.19. The summed E-state index contributed by atoms with van der Waals surface area (Å²) < 4.78 is 46.4. The zero-order valence-corrected chi connectivity index (χ0v) is 16.5. The molecule has 7 nitrogen and oxygen atoms in total. The Balaban J connectivity index is 1.45. The van der Waals surface area contributed by atoms with Gasteiger partial charge in [0, 0.05) is 18.8 Å². The molecule has 1 aliphatic heterocycles. The predicted molar refractivity (Wildman–Crippen MR) is 107 cm³/mol. The Morgan fingerprint density at radius 1 is 0.938 bits per heavy atom. The Morgan fingerprint density at radius 3 is 2.34 bits per heavy atom. The standard InChI is InChI=1S/C22H16F3N3O4/c23-22(24,25)32-18-8-6-16(7-9-18)28-20(29)14-27(21(28)30)13-15-10-11-26-19(12-15)31-17-4-2-1-3-5-17/h1-12H,13-14H2. The molecule has 0 spiro atoms. The molecule has 2 heterocycles. The van der Waals surface area contributed by atoms with Gasteiger partial charge in [0.2, 0.25) is 5.88 Å². The fourth-order valence-corrected chi connectivity index (χ4v) is 3.16. The molecule has 1 aliphatic rings. The third-order valence-electron chi connectivity index (χ3n) is 4.50. The van der Waals surface area contributed by atoms with E-state index < -0.39 is 24.1 Å². The predicted octanol–water partition coefficient (Wildman–Crippen LogP) is 4.74. The van der Waals surface area contributed by atoms with Gasteiger partial charge in [0.15, 0.2) is 0 Å². The Kier molecular flexibility index (Phi) is 5.67. The van der Waals surface area contributed by atoms with Gasteiger partial charge in [-0.05, 0) is 48.0 Å². The van der Waals surface area contributed by atoms with Crippen LogP contribution in [0.2, 0.25) is 0 Å². The van der Waals surface area contributed by atoms with Gasteiger partial charge in [-0.25, -0.2) is 14.7 Å². The van der Waals surface area contributed by atoms with Crippen molar-refractivity contribution < 1.29 is 32.2 Å². The van der Waals surface area contributed by atoms with Crippen LogP contribution in [0.15, 0.2) is 72.9 Å². The number of alkyl halides is 3. The van der Waals surface area contributed by atoms with E-state index in [-0.39, 0.29) is 18.8 Å². The number of hydrogen-bond donors (Lipinski definition) is 0. The molecule has 0 bridgehead atoms. The first kappa shape index (κ1) is 21.2. The van der Waals surface area contributed by atoms with Crippen LogP contribution in [0.4, 0.5) is 23.7 Å². The number of aromatic nitrogens is 1. The Hall–Kier alpha value is -4.08. The summed E-state index contributed by atoms with van der Waals surface area (Å²) in [5.41, 5.74) is 0.850. The van der Waals surface area contributed by atoms with E-state index in [0.717, 1.165) is 17.0 Å². The number of urea groups is 1. The number of amides is 3. The summed E-state index contributed by atoms with van der Waals surface area (Å²) in [5, 5.41) is 0. The number of hydrogen-bond acceptors (Lipinski definition) is 5. The summed E-state index contributed by atoms with van der Waals surface area (Å²) in [6.07, 6.45) is -3.29. The molecule has 1 saturated heterocycles. The molecule has 0 saturated carbocycles. The molecule has 0 aliphatic carbocycles. The smallest absolute Gasteiger partial charge is 0.439 e. The largest absolute Gasteiger partial charge is 0.573 e. The molecule has 2 aromatic carbocycles. The molecule has 164 valence electrons. The quantitative estimate of drug-likeness (QED) is 0.515. The van der Waals surface area contributed by atoms with Crippen LogP contribution >= 0.6 is 0 Å². The summed E-state index contributed by atoms with van der Waals surface area (Å²) in [4.78, 5) is 31.6. The third-order valence-corrected chi connectivity index (χ3v) is 4.50. The fraction of sp³-hybridized carbons (Fsp3) is 0.136. The maximum atomic E-state index is 12.8. The minimum atomic E-state index is -4.83. The summed E-state index contributed by atoms with van der Waals surface area (Å²) in [7, 11) is 0. The van der Waals surface area contributed by atoms with Crippen molar-refractivity contribution in [2.24, 2.45) is 0 Å². The van der Waals surface area contributed by atoms with Crippen LogP contribution in [0.3, 0.4) is 0 Å². The molecule has 0 atom stereocenters. The zero-order chi connectivity index (χ0) is 22.7. The van der Waals surface area contributed by atoms with Crippen molar-refractivity contribution in [3.05, 3.63) is 78.5 Å². The number of carbonyl (C=O) groups excluding carboxylic acids is 2. The minimum Gasteiger partial charge on any atom is -0.439 e. The number of pyridine rings is 1. The van der Waals surface area contributed by atoms with E-state index in [1.54, 1.807) is 24.3 Å². The highest BCUT2D eigenvalue weighted by atomic mass is 19.4. The lowest BCUT2D eigenvalue weighted by Gasteiger charge is -2.18. The zero-order valence-electron chi connectivity index (χ0n) is 16.5. The highest BCUT2D eigenvalue weighted by Gasteiger charge is 2.37. The Bertz CT molecular complexity index is 1120. The third kappa shape index (κ3) is 4.97. The van der Waals surface area contributed by atoms with Gasteiger partial charge in [-0.2, -0.15) is 0 Å². The summed E-state index contributed by atoms with van der Waals surface area (Å²) in [6.45, 7) is -0.0408. The van der Waals surface area contributed by atoms with Crippen LogP contribution in [-0.2, 0) is 11.3 Å². The molecule has 1 fully saturated rings. The lowest BCUT2D eigenvalue weighted by molar-refractivity contribution is -0.274. The van der Waals surface area contributed by atoms with E-state index >= 15 is 0 Å². The number of ether oxygens (including phenoxy) is 2. The number of para-hydroxylation sites is 1. The van der Waals surface area contributed by atoms with Crippen molar-refractivity contribution in [2.75, 3.05) is 11.4 Å². The monoisotopic (exact) mass is 443 g/mol. The second-order valence-corrected chi connectivity index (χ2v) is 6.83. The van der Waals surface area contributed by atoms with E-state index in [9.17, 15) is 22.8 Å². The van der Waals surface area contributed by atoms with Gasteiger partial charge < -0.3 is 14.4 Å². The molecular weight excluding hydrogens is 427 g/mol. The number of halogens is 3. The van der Waals surface area contributed by atoms with Crippen LogP contribution in [0.1, 0.15) is 5.56 Å². The molecule has 0 radical (unpaired) electrons. The van der Waals surface area contributed by atoms with Crippen molar-refractivity contribution in [1.82, 2.24) is 9.88 Å². The average Bonchev–Trinajstić information content (AvgIpc) is 3.01. The minimum absolute atomic E-state index is 0.129. The lowest BCUT2D eigenvalue weighted by Crippen LogP contribution is -2.32. The summed E-state index contributed by atoms with van der Waals surface area (Å²) in [6, 6.07) is 16.4. The van der Waals surface area contributed by atoms with Crippen LogP contribution < -0.4 is 14.4 Å².